The smallest absolute Gasteiger partial charge is 0.266 e. The van der Waals surface area contributed by atoms with E-state index in [0.717, 1.165) is 6.07 Å². The lowest BCUT2D eigenvalue weighted by Crippen LogP contribution is -2.45. The van der Waals surface area contributed by atoms with Crippen LogP contribution in [0.1, 0.15) is 65.9 Å². The van der Waals surface area contributed by atoms with E-state index in [0.29, 0.717) is 28.2 Å². The third kappa shape index (κ3) is 4.80. The number of likely N-dealkylation sites (tertiary alicyclic amines) is 1. The number of alkyl halides is 2. The third-order valence-electron chi connectivity index (χ3n) is 6.49. The van der Waals surface area contributed by atoms with Gasteiger partial charge in [0.15, 0.2) is 0 Å². The Bertz CT molecular complexity index is 1350. The van der Waals surface area contributed by atoms with Crippen LogP contribution in [0, 0.1) is 12.7 Å². The molecule has 10 heteroatoms. The van der Waals surface area contributed by atoms with Crippen molar-refractivity contribution in [3.63, 3.8) is 0 Å². The molecule has 1 saturated heterocycles. The Morgan fingerprint density at radius 3 is 2.63 bits per heavy atom. The zero-order valence-corrected chi connectivity index (χ0v) is 19.6. The molecule has 0 radical (unpaired) electrons. The van der Waals surface area contributed by atoms with E-state index < -0.39 is 36.5 Å². The van der Waals surface area contributed by atoms with Crippen LogP contribution in [0.4, 0.5) is 19.0 Å². The first-order valence-electron chi connectivity index (χ1n) is 12.7. The Hall–Kier alpha value is -3.27. The van der Waals surface area contributed by atoms with Gasteiger partial charge in [0, 0.05) is 38.0 Å². The van der Waals surface area contributed by atoms with Crippen LogP contribution in [0.3, 0.4) is 0 Å². The van der Waals surface area contributed by atoms with Crippen LogP contribution in [0.15, 0.2) is 30.5 Å². The van der Waals surface area contributed by atoms with Gasteiger partial charge in [-0.15, -0.1) is 0 Å². The van der Waals surface area contributed by atoms with Gasteiger partial charge in [0.1, 0.15) is 23.1 Å². The van der Waals surface area contributed by atoms with Crippen LogP contribution in [0.2, 0.25) is 0 Å². The molecule has 1 aliphatic rings. The van der Waals surface area contributed by atoms with Gasteiger partial charge in [0.05, 0.1) is 33.1 Å². The molecule has 1 amide bonds. The summed E-state index contributed by atoms with van der Waals surface area (Å²) in [5.41, 5.74) is -1.16. The number of hydrogen-bond acceptors (Lipinski definition) is 6. The first-order valence-corrected chi connectivity index (χ1v) is 11.2. The van der Waals surface area contributed by atoms with Gasteiger partial charge < -0.3 is 15.0 Å². The molecule has 0 bridgehead atoms. The number of rotatable bonds is 6. The van der Waals surface area contributed by atoms with Gasteiger partial charge in [-0.2, -0.15) is 0 Å². The molecule has 0 saturated carbocycles. The van der Waals surface area contributed by atoms with E-state index in [-0.39, 0.29) is 37.4 Å². The monoisotopic (exact) mass is 490 g/mol. The molecule has 1 fully saturated rings. The molecule has 1 aliphatic heterocycles. The van der Waals surface area contributed by atoms with Crippen LogP contribution < -0.4 is 5.32 Å². The molecule has 0 aliphatic carbocycles. The fourth-order valence-corrected chi connectivity index (χ4v) is 4.45. The summed E-state index contributed by atoms with van der Waals surface area (Å²) in [7, 11) is -2.72. The Balaban J connectivity index is 1.76. The van der Waals surface area contributed by atoms with Crippen molar-refractivity contribution in [3.05, 3.63) is 58.9 Å². The van der Waals surface area contributed by atoms with Crippen LogP contribution in [-0.2, 0) is 15.1 Å². The number of hydrogen-bond donors (Lipinski definition) is 1. The van der Waals surface area contributed by atoms with E-state index in [4.69, 9.17) is 8.85 Å². The largest absolute Gasteiger partial charge is 0.372 e. The van der Waals surface area contributed by atoms with Crippen molar-refractivity contribution in [1.82, 2.24) is 19.9 Å². The molecule has 3 heterocycles. The van der Waals surface area contributed by atoms with E-state index in [1.54, 1.807) is 24.8 Å². The van der Waals surface area contributed by atoms with Gasteiger partial charge in [-0.05, 0) is 32.8 Å². The number of aryl methyl sites for hydroxylation is 1. The van der Waals surface area contributed by atoms with E-state index in [9.17, 15) is 18.0 Å². The fourth-order valence-electron chi connectivity index (χ4n) is 4.45. The van der Waals surface area contributed by atoms with Crippen LogP contribution in [0.25, 0.3) is 10.9 Å². The summed E-state index contributed by atoms with van der Waals surface area (Å²) >= 11 is 0. The lowest BCUT2D eigenvalue weighted by molar-refractivity contribution is -0.135. The fraction of sp³-hybridized carbons (Fsp3) is 0.440. The van der Waals surface area contributed by atoms with Crippen molar-refractivity contribution in [1.29, 1.82) is 0 Å². The van der Waals surface area contributed by atoms with Gasteiger partial charge in [0.25, 0.3) is 6.43 Å². The predicted octanol–water partition coefficient (Wildman–Crippen LogP) is 5.07. The second-order valence-corrected chi connectivity index (χ2v) is 8.73. The van der Waals surface area contributed by atoms with Crippen LogP contribution in [0.5, 0.6) is 0 Å². The zero-order chi connectivity index (χ0) is 27.8. The Labute approximate surface area is 205 Å². The Morgan fingerprint density at radius 1 is 1.26 bits per heavy atom. The number of anilines is 1. The van der Waals surface area contributed by atoms with E-state index in [2.05, 4.69) is 20.3 Å². The lowest BCUT2D eigenvalue weighted by Gasteiger charge is -2.40. The van der Waals surface area contributed by atoms with Crippen LogP contribution >= 0.6 is 0 Å². The average molecular weight is 491 g/mol. The van der Waals surface area contributed by atoms with Crippen molar-refractivity contribution in [3.8, 4) is 0 Å². The number of fused-ring (bicyclic) bond motifs is 1. The minimum absolute atomic E-state index is 0.0419. The van der Waals surface area contributed by atoms with E-state index in [1.165, 1.54) is 25.3 Å². The van der Waals surface area contributed by atoms with Gasteiger partial charge in [0.2, 0.25) is 5.91 Å². The number of aromatic nitrogens is 3. The van der Waals surface area contributed by atoms with Crippen LogP contribution in [-0.4, -0.2) is 45.9 Å². The second-order valence-electron chi connectivity index (χ2n) is 8.73. The molecule has 186 valence electrons. The maximum Gasteiger partial charge on any atom is 0.266 e. The number of halogens is 3. The normalized spacial score (nSPS) is 18.1. The highest BCUT2D eigenvalue weighted by Crippen LogP contribution is 2.37. The van der Waals surface area contributed by atoms with E-state index in [1.807, 2.05) is 0 Å². The number of benzene rings is 1. The third-order valence-corrected chi connectivity index (χ3v) is 6.49. The van der Waals surface area contributed by atoms with Gasteiger partial charge in [-0.3, -0.25) is 9.78 Å². The summed E-state index contributed by atoms with van der Waals surface area (Å²) in [6.07, 6.45) is -1.06. The summed E-state index contributed by atoms with van der Waals surface area (Å²) in [5.74, 6) is -0.420. The minimum Gasteiger partial charge on any atom is -0.372 e. The second kappa shape index (κ2) is 9.77. The standard InChI is InChI=1S/C25H28F3N5O2/c1-14(17-6-5-7-18(22(17)26)23(27)28)30-24-19-12-21(29-13-20(19)31-15(2)32-24)25(35-4)8-10-33(11-9-25)16(3)34/h5-7,12-14,23H,8-11H2,1-4H3,(H,30,31,32)/t14-/m1/s1/i4D3. The minimum atomic E-state index is -2.96. The number of amides is 1. The number of carbonyl (C=O) groups is 1. The van der Waals surface area contributed by atoms with Crippen molar-refractivity contribution in [2.24, 2.45) is 0 Å². The zero-order valence-electron chi connectivity index (χ0n) is 22.6. The topological polar surface area (TPSA) is 80.2 Å². The van der Waals surface area contributed by atoms with E-state index >= 15 is 0 Å². The predicted molar refractivity (Wildman–Crippen MR) is 126 cm³/mol. The summed E-state index contributed by atoms with van der Waals surface area (Å²) in [6.45, 7) is 5.31. The molecule has 0 unspecified atom stereocenters. The molecule has 0 spiro atoms. The molecule has 1 N–H and O–H groups in total. The van der Waals surface area contributed by atoms with Crippen molar-refractivity contribution >= 4 is 22.6 Å². The van der Waals surface area contributed by atoms with Gasteiger partial charge >= 0.3 is 0 Å². The van der Waals surface area contributed by atoms with Crippen molar-refractivity contribution in [2.45, 2.75) is 51.7 Å². The first kappa shape index (κ1) is 21.0. The molecular weight excluding hydrogens is 459 g/mol. The number of nitrogens with zero attached hydrogens (tertiary/aromatic N) is 4. The number of ether oxygens (including phenoxy) is 1. The molecule has 1 aromatic carbocycles. The van der Waals surface area contributed by atoms with Gasteiger partial charge in [-0.1, -0.05) is 18.2 Å². The van der Waals surface area contributed by atoms with Crippen molar-refractivity contribution < 1.29 is 26.8 Å². The SMILES string of the molecule is [2H]C([2H])([2H])OC1(c2cc3c(N[C@H](C)c4cccc(C(F)F)c4F)nc(C)nc3cn2)CCN(C(C)=O)CC1. The highest BCUT2D eigenvalue weighted by molar-refractivity contribution is 5.89. The molecule has 2 aromatic heterocycles. The molecular formula is C25H28F3N5O2. The number of nitrogens with one attached hydrogen (secondary N) is 1. The summed E-state index contributed by atoms with van der Waals surface area (Å²) in [6, 6.07) is 4.72. The first-order chi connectivity index (χ1) is 17.8. The highest BCUT2D eigenvalue weighted by Gasteiger charge is 2.38. The molecule has 7 nitrogen and oxygen atoms in total. The molecule has 1 atom stereocenters. The average Bonchev–Trinajstić information content (AvgIpc) is 2.82. The molecule has 4 rings (SSSR count). The number of methoxy groups -OCH3 is 1. The molecule has 3 aromatic rings. The molecule has 35 heavy (non-hydrogen) atoms. The maximum absolute atomic E-state index is 14.8. The lowest BCUT2D eigenvalue weighted by atomic mass is 9.87. The maximum atomic E-state index is 14.8. The quantitative estimate of drug-likeness (QED) is 0.520. The Kier molecular flexibility index (Phi) is 5.87. The summed E-state index contributed by atoms with van der Waals surface area (Å²) in [4.78, 5) is 26.8. The number of carbonyl (C=O) groups excluding carboxylic acids is 1. The summed E-state index contributed by atoms with van der Waals surface area (Å²) < 4.78 is 70.1. The summed E-state index contributed by atoms with van der Waals surface area (Å²) in [5, 5.41) is 3.57. The van der Waals surface area contributed by atoms with Gasteiger partial charge in [-0.25, -0.2) is 23.1 Å². The Morgan fingerprint density at radius 2 is 1.97 bits per heavy atom. The number of pyridine rings is 1. The highest BCUT2D eigenvalue weighted by atomic mass is 19.3. The van der Waals surface area contributed by atoms with Crippen molar-refractivity contribution in [2.75, 3.05) is 25.4 Å². The number of piperidine rings is 1.